The van der Waals surface area contributed by atoms with Crippen LogP contribution in [0.2, 0.25) is 0 Å². The Balaban J connectivity index is 1.60. The largest absolute Gasteiger partial charge is 0.392 e. The molecule has 2 aromatic heterocycles. The first-order chi connectivity index (χ1) is 9.34. The van der Waals surface area contributed by atoms with E-state index >= 15 is 0 Å². The van der Waals surface area contributed by atoms with E-state index in [4.69, 9.17) is 0 Å². The predicted octanol–water partition coefficient (Wildman–Crippen LogP) is 1.33. The Bertz CT molecular complexity index is 521. The van der Waals surface area contributed by atoms with E-state index in [1.165, 1.54) is 0 Å². The predicted molar refractivity (Wildman–Crippen MR) is 72.3 cm³/mol. The Kier molecular flexibility index (Phi) is 3.57. The molecule has 2 heterocycles. The third-order valence-electron chi connectivity index (χ3n) is 3.50. The van der Waals surface area contributed by atoms with Crippen molar-refractivity contribution in [2.45, 2.75) is 25.5 Å². The maximum Gasteiger partial charge on any atom is 0.0710 e. The molecule has 0 bridgehead atoms. The first-order valence-corrected chi connectivity index (χ1v) is 6.66. The number of hydrogen-bond acceptors (Lipinski definition) is 4. The molecule has 1 atom stereocenters. The van der Waals surface area contributed by atoms with Gasteiger partial charge in [-0.25, -0.2) is 0 Å². The Hall–Kier alpha value is -1.72. The molecule has 0 aliphatic heterocycles. The molecule has 100 valence electrons. The molecule has 0 amide bonds. The molecule has 5 heteroatoms. The summed E-state index contributed by atoms with van der Waals surface area (Å²) >= 11 is 0. The van der Waals surface area contributed by atoms with Gasteiger partial charge >= 0.3 is 0 Å². The second kappa shape index (κ2) is 5.50. The zero-order chi connectivity index (χ0) is 13.1. The fourth-order valence-electron chi connectivity index (χ4n) is 2.21. The summed E-state index contributed by atoms with van der Waals surface area (Å²) in [6, 6.07) is 3.91. The minimum atomic E-state index is -0.214. The van der Waals surface area contributed by atoms with Gasteiger partial charge in [0, 0.05) is 36.6 Å². The summed E-state index contributed by atoms with van der Waals surface area (Å²) in [5, 5.41) is 20.2. The van der Waals surface area contributed by atoms with E-state index in [9.17, 15) is 5.11 Å². The molecule has 19 heavy (non-hydrogen) atoms. The maximum atomic E-state index is 9.81. The number of aliphatic hydroxyl groups is 1. The molecule has 0 spiro atoms. The van der Waals surface area contributed by atoms with Gasteiger partial charge in [-0.3, -0.25) is 10.1 Å². The zero-order valence-corrected chi connectivity index (χ0v) is 10.7. The third kappa shape index (κ3) is 3.00. The standard InChI is InChI=1S/C14H18N4O/c19-13(10-3-4-10)9-16-7-12-8-17-18-14(12)11-2-1-5-15-6-11/h1-2,5-6,8,10,13,16,19H,3-4,7,9H2,(H,17,18). The quantitative estimate of drug-likeness (QED) is 0.731. The van der Waals surface area contributed by atoms with Crippen molar-refractivity contribution in [1.82, 2.24) is 20.5 Å². The van der Waals surface area contributed by atoms with Gasteiger partial charge in [-0.15, -0.1) is 0 Å². The van der Waals surface area contributed by atoms with Gasteiger partial charge in [-0.1, -0.05) is 0 Å². The molecule has 1 fully saturated rings. The van der Waals surface area contributed by atoms with Gasteiger partial charge in [0.05, 0.1) is 18.0 Å². The van der Waals surface area contributed by atoms with Crippen LogP contribution in [0.1, 0.15) is 18.4 Å². The first kappa shape index (κ1) is 12.3. The van der Waals surface area contributed by atoms with E-state index in [1.54, 1.807) is 6.20 Å². The van der Waals surface area contributed by atoms with Gasteiger partial charge in [0.2, 0.25) is 0 Å². The molecule has 3 N–H and O–H groups in total. The Morgan fingerprint density at radius 1 is 1.42 bits per heavy atom. The van der Waals surface area contributed by atoms with Crippen molar-refractivity contribution in [3.63, 3.8) is 0 Å². The van der Waals surface area contributed by atoms with Crippen molar-refractivity contribution in [3.05, 3.63) is 36.3 Å². The van der Waals surface area contributed by atoms with Crippen LogP contribution in [0, 0.1) is 5.92 Å². The molecule has 0 saturated heterocycles. The number of hydrogen-bond donors (Lipinski definition) is 3. The summed E-state index contributed by atoms with van der Waals surface area (Å²) in [5.74, 6) is 0.509. The fourth-order valence-corrected chi connectivity index (χ4v) is 2.21. The summed E-state index contributed by atoms with van der Waals surface area (Å²) in [7, 11) is 0. The molecule has 1 saturated carbocycles. The van der Waals surface area contributed by atoms with E-state index in [-0.39, 0.29) is 6.10 Å². The van der Waals surface area contributed by atoms with E-state index in [1.807, 2.05) is 24.5 Å². The normalized spacial score (nSPS) is 16.5. The van der Waals surface area contributed by atoms with Crippen molar-refractivity contribution < 1.29 is 5.11 Å². The number of aliphatic hydroxyl groups excluding tert-OH is 1. The van der Waals surface area contributed by atoms with Crippen LogP contribution >= 0.6 is 0 Å². The van der Waals surface area contributed by atoms with Crippen LogP contribution in [0.15, 0.2) is 30.7 Å². The highest BCUT2D eigenvalue weighted by Gasteiger charge is 2.29. The molecule has 1 aliphatic rings. The number of aromatic amines is 1. The second-order valence-electron chi connectivity index (χ2n) is 5.05. The summed E-state index contributed by atoms with van der Waals surface area (Å²) in [5.41, 5.74) is 3.11. The fraction of sp³-hybridized carbons (Fsp3) is 0.429. The van der Waals surface area contributed by atoms with Crippen LogP contribution in [-0.4, -0.2) is 32.9 Å². The first-order valence-electron chi connectivity index (χ1n) is 6.66. The lowest BCUT2D eigenvalue weighted by Gasteiger charge is -2.10. The van der Waals surface area contributed by atoms with E-state index in [0.29, 0.717) is 19.0 Å². The minimum absolute atomic E-state index is 0.214. The van der Waals surface area contributed by atoms with Gasteiger partial charge in [-0.2, -0.15) is 5.10 Å². The second-order valence-corrected chi connectivity index (χ2v) is 5.05. The number of nitrogens with one attached hydrogen (secondary N) is 2. The Labute approximate surface area is 112 Å². The highest BCUT2D eigenvalue weighted by atomic mass is 16.3. The summed E-state index contributed by atoms with van der Waals surface area (Å²) in [6.07, 6.45) is 7.50. The van der Waals surface area contributed by atoms with Crippen LogP contribution in [0.25, 0.3) is 11.3 Å². The summed E-state index contributed by atoms with van der Waals surface area (Å²) in [6.45, 7) is 1.34. The topological polar surface area (TPSA) is 73.8 Å². The van der Waals surface area contributed by atoms with Gasteiger partial charge in [-0.05, 0) is 30.9 Å². The van der Waals surface area contributed by atoms with Crippen molar-refractivity contribution in [1.29, 1.82) is 0 Å². The van der Waals surface area contributed by atoms with Crippen LogP contribution in [-0.2, 0) is 6.54 Å². The van der Waals surface area contributed by atoms with Crippen molar-refractivity contribution in [2.75, 3.05) is 6.54 Å². The molecule has 2 aromatic rings. The summed E-state index contributed by atoms with van der Waals surface area (Å²) < 4.78 is 0. The Morgan fingerprint density at radius 3 is 3.05 bits per heavy atom. The zero-order valence-electron chi connectivity index (χ0n) is 10.7. The molecule has 0 aromatic carbocycles. The number of H-pyrrole nitrogens is 1. The van der Waals surface area contributed by atoms with Crippen LogP contribution in [0.4, 0.5) is 0 Å². The molecule has 5 nitrogen and oxygen atoms in total. The van der Waals surface area contributed by atoms with Crippen molar-refractivity contribution in [3.8, 4) is 11.3 Å². The molecular formula is C14H18N4O. The SMILES string of the molecule is OC(CNCc1cn[nH]c1-c1cccnc1)C1CC1. The molecule has 3 rings (SSSR count). The number of nitrogens with zero attached hydrogens (tertiary/aromatic N) is 2. The smallest absolute Gasteiger partial charge is 0.0710 e. The summed E-state index contributed by atoms with van der Waals surface area (Å²) in [4.78, 5) is 4.11. The van der Waals surface area contributed by atoms with E-state index < -0.39 is 0 Å². The van der Waals surface area contributed by atoms with E-state index in [2.05, 4.69) is 20.5 Å². The van der Waals surface area contributed by atoms with Crippen molar-refractivity contribution >= 4 is 0 Å². The monoisotopic (exact) mass is 258 g/mol. The lowest BCUT2D eigenvalue weighted by atomic mass is 10.1. The molecule has 1 unspecified atom stereocenters. The maximum absolute atomic E-state index is 9.81. The number of pyridine rings is 1. The molecular weight excluding hydrogens is 240 g/mol. The van der Waals surface area contributed by atoms with Gasteiger partial charge in [0.25, 0.3) is 0 Å². The van der Waals surface area contributed by atoms with Gasteiger partial charge < -0.3 is 10.4 Å². The third-order valence-corrected chi connectivity index (χ3v) is 3.50. The number of rotatable bonds is 6. The minimum Gasteiger partial charge on any atom is -0.392 e. The molecule has 0 radical (unpaired) electrons. The van der Waals surface area contributed by atoms with Gasteiger partial charge in [0.15, 0.2) is 0 Å². The highest BCUT2D eigenvalue weighted by Crippen LogP contribution is 2.32. The average Bonchev–Trinajstić information content (AvgIpc) is 3.20. The average molecular weight is 258 g/mol. The van der Waals surface area contributed by atoms with Crippen LogP contribution < -0.4 is 5.32 Å². The number of aromatic nitrogens is 3. The Morgan fingerprint density at radius 2 is 2.32 bits per heavy atom. The van der Waals surface area contributed by atoms with E-state index in [0.717, 1.165) is 29.7 Å². The highest BCUT2D eigenvalue weighted by molar-refractivity contribution is 5.61. The van der Waals surface area contributed by atoms with Gasteiger partial charge in [0.1, 0.15) is 0 Å². The van der Waals surface area contributed by atoms with Crippen LogP contribution in [0.3, 0.4) is 0 Å². The lowest BCUT2D eigenvalue weighted by Crippen LogP contribution is -2.27. The molecule has 1 aliphatic carbocycles. The lowest BCUT2D eigenvalue weighted by molar-refractivity contribution is 0.148. The van der Waals surface area contributed by atoms with Crippen LogP contribution in [0.5, 0.6) is 0 Å². The van der Waals surface area contributed by atoms with Crippen molar-refractivity contribution in [2.24, 2.45) is 5.92 Å².